The summed E-state index contributed by atoms with van der Waals surface area (Å²) in [6, 6.07) is 17.1. The van der Waals surface area contributed by atoms with Crippen LogP contribution in [0.15, 0.2) is 77.5 Å². The van der Waals surface area contributed by atoms with Crippen LogP contribution in [0.2, 0.25) is 0 Å². The van der Waals surface area contributed by atoms with Crippen LogP contribution in [0.1, 0.15) is 18.9 Å². The van der Waals surface area contributed by atoms with Crippen molar-refractivity contribution >= 4 is 26.9 Å². The lowest BCUT2D eigenvalue weighted by atomic mass is 10.1. The van der Waals surface area contributed by atoms with Crippen LogP contribution >= 0.6 is 0 Å². The van der Waals surface area contributed by atoms with Crippen molar-refractivity contribution in [3.05, 3.63) is 78.1 Å². The lowest BCUT2D eigenvalue weighted by molar-refractivity contribution is 0.576. The summed E-state index contributed by atoms with van der Waals surface area (Å²) in [5.41, 5.74) is 2.41. The maximum atomic E-state index is 12.6. The van der Waals surface area contributed by atoms with Crippen molar-refractivity contribution in [3.63, 3.8) is 0 Å². The van der Waals surface area contributed by atoms with Gasteiger partial charge in [-0.3, -0.25) is 4.98 Å². The number of aromatic nitrogens is 1. The number of nitrogens with zero attached hydrogens (tertiary/aromatic N) is 1. The standard InChI is InChI=1S/C22H25N3O2S/c1-18(15-19-7-3-2-4-8-19)16-23-12-6-13-25-28(26,27)22-10-5-9-20-17-24-14-11-21(20)22/h2-5,7-11,14-15,17,23,25H,6,12-13,16H2,1H3/b18-15+. The number of nitrogens with one attached hydrogen (secondary N) is 2. The largest absolute Gasteiger partial charge is 0.313 e. The number of pyridine rings is 1. The molecule has 2 aromatic carbocycles. The van der Waals surface area contributed by atoms with Crippen molar-refractivity contribution in [2.75, 3.05) is 19.6 Å². The zero-order chi connectivity index (χ0) is 19.8. The SMILES string of the molecule is C/C(=C\c1ccccc1)CNCCCNS(=O)(=O)c1cccc2cnccc12. The Labute approximate surface area is 166 Å². The smallest absolute Gasteiger partial charge is 0.241 e. The molecule has 0 saturated heterocycles. The van der Waals surface area contributed by atoms with Crippen molar-refractivity contribution in [2.45, 2.75) is 18.2 Å². The summed E-state index contributed by atoms with van der Waals surface area (Å²) in [7, 11) is -3.55. The van der Waals surface area contributed by atoms with Gasteiger partial charge in [0.2, 0.25) is 10.0 Å². The van der Waals surface area contributed by atoms with E-state index < -0.39 is 10.0 Å². The van der Waals surface area contributed by atoms with Crippen LogP contribution in [0.3, 0.4) is 0 Å². The normalized spacial score (nSPS) is 12.4. The van der Waals surface area contributed by atoms with Gasteiger partial charge in [0.15, 0.2) is 0 Å². The van der Waals surface area contributed by atoms with E-state index in [1.807, 2.05) is 24.3 Å². The Morgan fingerprint density at radius 2 is 1.86 bits per heavy atom. The minimum atomic E-state index is -3.55. The summed E-state index contributed by atoms with van der Waals surface area (Å²) in [4.78, 5) is 4.34. The number of sulfonamides is 1. The van der Waals surface area contributed by atoms with E-state index in [-0.39, 0.29) is 0 Å². The van der Waals surface area contributed by atoms with E-state index in [0.29, 0.717) is 23.2 Å². The van der Waals surface area contributed by atoms with Gasteiger partial charge >= 0.3 is 0 Å². The molecule has 0 radical (unpaired) electrons. The molecule has 1 aromatic heterocycles. The second kappa shape index (κ2) is 9.59. The molecule has 0 spiro atoms. The first-order chi connectivity index (χ1) is 13.6. The summed E-state index contributed by atoms with van der Waals surface area (Å²) < 4.78 is 28.0. The Morgan fingerprint density at radius 1 is 1.04 bits per heavy atom. The molecular weight excluding hydrogens is 370 g/mol. The third-order valence-corrected chi connectivity index (χ3v) is 5.89. The highest BCUT2D eigenvalue weighted by atomic mass is 32.2. The number of rotatable bonds is 9. The molecule has 146 valence electrons. The first kappa shape index (κ1) is 20.2. The summed E-state index contributed by atoms with van der Waals surface area (Å²) in [5, 5.41) is 4.85. The number of hydrogen-bond donors (Lipinski definition) is 2. The predicted octanol–water partition coefficient (Wildman–Crippen LogP) is 3.60. The highest BCUT2D eigenvalue weighted by Gasteiger charge is 2.16. The molecule has 0 atom stereocenters. The molecule has 28 heavy (non-hydrogen) atoms. The Hall–Kier alpha value is -2.54. The Morgan fingerprint density at radius 3 is 2.68 bits per heavy atom. The first-order valence-electron chi connectivity index (χ1n) is 9.31. The first-order valence-corrected chi connectivity index (χ1v) is 10.8. The van der Waals surface area contributed by atoms with E-state index in [1.54, 1.807) is 30.6 Å². The van der Waals surface area contributed by atoms with Gasteiger partial charge in [0.1, 0.15) is 0 Å². The molecule has 1 heterocycles. The molecule has 5 nitrogen and oxygen atoms in total. The molecule has 3 rings (SSSR count). The third-order valence-electron chi connectivity index (χ3n) is 4.37. The second-order valence-corrected chi connectivity index (χ2v) is 8.42. The van der Waals surface area contributed by atoms with Crippen LogP contribution in [-0.2, 0) is 10.0 Å². The number of benzene rings is 2. The van der Waals surface area contributed by atoms with E-state index in [1.165, 1.54) is 11.1 Å². The fourth-order valence-corrected chi connectivity index (χ4v) is 4.30. The topological polar surface area (TPSA) is 71.1 Å². The van der Waals surface area contributed by atoms with Crippen molar-refractivity contribution in [3.8, 4) is 0 Å². The van der Waals surface area contributed by atoms with E-state index in [4.69, 9.17) is 0 Å². The number of fused-ring (bicyclic) bond motifs is 1. The van der Waals surface area contributed by atoms with E-state index in [0.717, 1.165) is 18.5 Å². The minimum Gasteiger partial charge on any atom is -0.313 e. The van der Waals surface area contributed by atoms with Crippen molar-refractivity contribution < 1.29 is 8.42 Å². The maximum Gasteiger partial charge on any atom is 0.241 e. The fourth-order valence-electron chi connectivity index (χ4n) is 3.00. The molecule has 0 aliphatic heterocycles. The van der Waals surface area contributed by atoms with E-state index >= 15 is 0 Å². The van der Waals surface area contributed by atoms with Gasteiger partial charge in [0.25, 0.3) is 0 Å². The second-order valence-electron chi connectivity index (χ2n) is 6.68. The van der Waals surface area contributed by atoms with Crippen LogP contribution in [0, 0.1) is 0 Å². The van der Waals surface area contributed by atoms with Gasteiger partial charge in [-0.25, -0.2) is 13.1 Å². The zero-order valence-electron chi connectivity index (χ0n) is 15.9. The summed E-state index contributed by atoms with van der Waals surface area (Å²) >= 11 is 0. The predicted molar refractivity (Wildman–Crippen MR) is 115 cm³/mol. The fraction of sp³-hybridized carbons (Fsp3) is 0.227. The van der Waals surface area contributed by atoms with Gasteiger partial charge in [-0.1, -0.05) is 54.1 Å². The summed E-state index contributed by atoms with van der Waals surface area (Å²) in [6.45, 7) is 3.98. The molecule has 0 amide bonds. The van der Waals surface area contributed by atoms with E-state index in [9.17, 15) is 8.42 Å². The van der Waals surface area contributed by atoms with Crippen LogP contribution in [0.5, 0.6) is 0 Å². The molecular formula is C22H25N3O2S. The van der Waals surface area contributed by atoms with Gasteiger partial charge in [-0.15, -0.1) is 0 Å². The molecule has 0 fully saturated rings. The Kier molecular flexibility index (Phi) is 6.92. The monoisotopic (exact) mass is 395 g/mol. The minimum absolute atomic E-state index is 0.294. The van der Waals surface area contributed by atoms with Crippen LogP contribution in [0.25, 0.3) is 16.8 Å². The molecule has 6 heteroatoms. The average Bonchev–Trinajstić information content (AvgIpc) is 2.71. The van der Waals surface area contributed by atoms with Crippen molar-refractivity contribution in [1.82, 2.24) is 15.0 Å². The van der Waals surface area contributed by atoms with Gasteiger partial charge in [0.05, 0.1) is 4.90 Å². The maximum absolute atomic E-state index is 12.6. The summed E-state index contributed by atoms with van der Waals surface area (Å²) in [5.74, 6) is 0. The Bertz CT molecular complexity index is 1040. The van der Waals surface area contributed by atoms with Gasteiger partial charge in [0, 0.05) is 36.3 Å². The average molecular weight is 396 g/mol. The zero-order valence-corrected chi connectivity index (χ0v) is 16.7. The number of hydrogen-bond acceptors (Lipinski definition) is 4. The van der Waals surface area contributed by atoms with Crippen LogP contribution in [-0.4, -0.2) is 33.0 Å². The molecule has 0 unspecified atom stereocenters. The van der Waals surface area contributed by atoms with Gasteiger partial charge in [-0.05, 0) is 37.6 Å². The molecule has 0 saturated carbocycles. The van der Waals surface area contributed by atoms with Crippen LogP contribution < -0.4 is 10.0 Å². The van der Waals surface area contributed by atoms with Crippen molar-refractivity contribution in [2.24, 2.45) is 0 Å². The Balaban J connectivity index is 1.46. The van der Waals surface area contributed by atoms with E-state index in [2.05, 4.69) is 40.2 Å². The molecule has 3 aromatic rings. The quantitative estimate of drug-likeness (QED) is 0.543. The molecule has 0 bridgehead atoms. The molecule has 0 aliphatic rings. The lowest BCUT2D eigenvalue weighted by Gasteiger charge is -2.10. The highest BCUT2D eigenvalue weighted by molar-refractivity contribution is 7.89. The highest BCUT2D eigenvalue weighted by Crippen LogP contribution is 2.21. The van der Waals surface area contributed by atoms with Crippen LogP contribution in [0.4, 0.5) is 0 Å². The molecule has 0 aliphatic carbocycles. The van der Waals surface area contributed by atoms with Gasteiger partial charge < -0.3 is 5.32 Å². The third kappa shape index (κ3) is 5.48. The lowest BCUT2D eigenvalue weighted by Crippen LogP contribution is -2.28. The van der Waals surface area contributed by atoms with Gasteiger partial charge in [-0.2, -0.15) is 0 Å². The summed E-state index contributed by atoms with van der Waals surface area (Å²) in [6.07, 6.45) is 6.13. The van der Waals surface area contributed by atoms with Crippen molar-refractivity contribution in [1.29, 1.82) is 0 Å². The molecule has 2 N–H and O–H groups in total.